The second-order valence-electron chi connectivity index (χ2n) is 4.58. The van der Waals surface area contributed by atoms with E-state index in [0.717, 1.165) is 0 Å². The standard InChI is InChI=1S/C10H19F3N2O3/c1-9(2,3)18-8(16)14-5-4-6-15-17-7-10(11,12)13/h15H,4-7H2,1-3H3,(H,14,16). The minimum Gasteiger partial charge on any atom is -0.444 e. The summed E-state index contributed by atoms with van der Waals surface area (Å²) in [4.78, 5) is 15.3. The van der Waals surface area contributed by atoms with Gasteiger partial charge >= 0.3 is 12.3 Å². The molecule has 0 heterocycles. The Kier molecular flexibility index (Phi) is 7.00. The fourth-order valence-corrected chi connectivity index (χ4v) is 0.870. The number of carbonyl (C=O) groups excluding carboxylic acids is 1. The number of amides is 1. The van der Waals surface area contributed by atoms with E-state index in [4.69, 9.17) is 4.74 Å². The number of nitrogens with one attached hydrogen (secondary N) is 2. The Morgan fingerprint density at radius 3 is 2.28 bits per heavy atom. The van der Waals surface area contributed by atoms with Crippen molar-refractivity contribution < 1.29 is 27.5 Å². The van der Waals surface area contributed by atoms with Crippen LogP contribution in [0.15, 0.2) is 0 Å². The van der Waals surface area contributed by atoms with Crippen molar-refractivity contribution >= 4 is 6.09 Å². The van der Waals surface area contributed by atoms with Gasteiger partial charge in [-0.3, -0.25) is 4.84 Å². The zero-order valence-corrected chi connectivity index (χ0v) is 10.7. The summed E-state index contributed by atoms with van der Waals surface area (Å²) < 4.78 is 39.9. The summed E-state index contributed by atoms with van der Waals surface area (Å²) >= 11 is 0. The number of rotatable bonds is 6. The van der Waals surface area contributed by atoms with Crippen LogP contribution in [0.3, 0.4) is 0 Å². The van der Waals surface area contributed by atoms with Crippen LogP contribution < -0.4 is 10.8 Å². The van der Waals surface area contributed by atoms with Gasteiger partial charge < -0.3 is 10.1 Å². The maximum atomic E-state index is 11.7. The molecule has 0 saturated carbocycles. The number of hydrogen-bond donors (Lipinski definition) is 2. The van der Waals surface area contributed by atoms with Gasteiger partial charge in [-0.2, -0.15) is 13.2 Å². The average Bonchev–Trinajstić information content (AvgIpc) is 2.11. The lowest BCUT2D eigenvalue weighted by atomic mass is 10.2. The Hall–Kier alpha value is -1.02. The van der Waals surface area contributed by atoms with Gasteiger partial charge in [-0.1, -0.05) is 0 Å². The smallest absolute Gasteiger partial charge is 0.413 e. The lowest BCUT2D eigenvalue weighted by Gasteiger charge is -2.19. The van der Waals surface area contributed by atoms with Gasteiger partial charge in [-0.25, -0.2) is 10.3 Å². The molecule has 0 aromatic heterocycles. The third kappa shape index (κ3) is 13.0. The van der Waals surface area contributed by atoms with E-state index in [-0.39, 0.29) is 13.1 Å². The number of alkyl carbamates (subject to hydrolysis) is 1. The highest BCUT2D eigenvalue weighted by atomic mass is 19.4. The Morgan fingerprint density at radius 2 is 1.78 bits per heavy atom. The normalized spacial score (nSPS) is 12.3. The molecule has 1 amide bonds. The molecule has 0 spiro atoms. The van der Waals surface area contributed by atoms with E-state index in [1.54, 1.807) is 20.8 Å². The topological polar surface area (TPSA) is 59.6 Å². The van der Waals surface area contributed by atoms with Gasteiger partial charge in [0.25, 0.3) is 0 Å². The highest BCUT2D eigenvalue weighted by Gasteiger charge is 2.27. The largest absolute Gasteiger partial charge is 0.444 e. The van der Waals surface area contributed by atoms with Crippen molar-refractivity contribution in [3.8, 4) is 0 Å². The molecule has 0 aliphatic rings. The van der Waals surface area contributed by atoms with Gasteiger partial charge in [-0.05, 0) is 27.2 Å². The Bertz CT molecular complexity index is 252. The summed E-state index contributed by atoms with van der Waals surface area (Å²) in [5.41, 5.74) is 1.58. The van der Waals surface area contributed by atoms with Crippen LogP contribution in [0.4, 0.5) is 18.0 Å². The van der Waals surface area contributed by atoms with Gasteiger partial charge in [0.15, 0.2) is 6.61 Å². The van der Waals surface area contributed by atoms with Crippen LogP contribution in [-0.4, -0.2) is 37.6 Å². The van der Waals surface area contributed by atoms with Crippen LogP contribution in [0.2, 0.25) is 0 Å². The summed E-state index contributed by atoms with van der Waals surface area (Å²) in [5, 5.41) is 2.47. The van der Waals surface area contributed by atoms with Gasteiger partial charge in [0.1, 0.15) is 5.60 Å². The first kappa shape index (κ1) is 17.0. The molecule has 0 bridgehead atoms. The fourth-order valence-electron chi connectivity index (χ4n) is 0.870. The molecule has 5 nitrogen and oxygen atoms in total. The maximum Gasteiger partial charge on any atom is 0.413 e. The number of halogens is 3. The Morgan fingerprint density at radius 1 is 1.17 bits per heavy atom. The van der Waals surface area contributed by atoms with Crippen LogP contribution in [0, 0.1) is 0 Å². The molecule has 0 aromatic carbocycles. The second kappa shape index (κ2) is 7.42. The molecule has 0 saturated heterocycles. The van der Waals surface area contributed by atoms with Crippen molar-refractivity contribution in [2.75, 3.05) is 19.7 Å². The van der Waals surface area contributed by atoms with Crippen molar-refractivity contribution in [3.63, 3.8) is 0 Å². The number of carbonyl (C=O) groups is 1. The number of hydroxylamine groups is 1. The van der Waals surface area contributed by atoms with Gasteiger partial charge in [-0.15, -0.1) is 0 Å². The highest BCUT2D eigenvalue weighted by Crippen LogP contribution is 2.13. The Labute approximate surface area is 104 Å². The number of hydrogen-bond acceptors (Lipinski definition) is 4. The summed E-state index contributed by atoms with van der Waals surface area (Å²) in [6.45, 7) is 4.35. The minimum atomic E-state index is -4.35. The van der Waals surface area contributed by atoms with Crippen LogP contribution >= 0.6 is 0 Å². The fraction of sp³-hybridized carbons (Fsp3) is 0.900. The van der Waals surface area contributed by atoms with E-state index in [0.29, 0.717) is 6.42 Å². The molecule has 0 atom stereocenters. The molecule has 108 valence electrons. The number of alkyl halides is 3. The van der Waals surface area contributed by atoms with Crippen molar-refractivity contribution in [2.45, 2.75) is 39.0 Å². The zero-order chi connectivity index (χ0) is 14.2. The molecule has 0 radical (unpaired) electrons. The molecule has 8 heteroatoms. The van der Waals surface area contributed by atoms with Crippen LogP contribution in [-0.2, 0) is 9.57 Å². The maximum absolute atomic E-state index is 11.7. The molecule has 0 unspecified atom stereocenters. The molecule has 0 fully saturated rings. The quantitative estimate of drug-likeness (QED) is 0.573. The molecule has 18 heavy (non-hydrogen) atoms. The van der Waals surface area contributed by atoms with Crippen LogP contribution in [0.1, 0.15) is 27.2 Å². The van der Waals surface area contributed by atoms with E-state index in [9.17, 15) is 18.0 Å². The van der Waals surface area contributed by atoms with Crippen LogP contribution in [0.25, 0.3) is 0 Å². The van der Waals surface area contributed by atoms with Gasteiger partial charge in [0.05, 0.1) is 0 Å². The van der Waals surface area contributed by atoms with E-state index in [1.807, 2.05) is 0 Å². The molecule has 0 aromatic rings. The molecule has 2 N–H and O–H groups in total. The third-order valence-corrected chi connectivity index (χ3v) is 1.46. The van der Waals surface area contributed by atoms with Crippen LogP contribution in [0.5, 0.6) is 0 Å². The molecule has 0 aliphatic carbocycles. The van der Waals surface area contributed by atoms with Gasteiger partial charge in [0, 0.05) is 13.1 Å². The monoisotopic (exact) mass is 272 g/mol. The molecular weight excluding hydrogens is 253 g/mol. The lowest BCUT2D eigenvalue weighted by Crippen LogP contribution is -2.34. The highest BCUT2D eigenvalue weighted by molar-refractivity contribution is 5.67. The van der Waals surface area contributed by atoms with Gasteiger partial charge in [0.2, 0.25) is 0 Å². The summed E-state index contributed by atoms with van der Waals surface area (Å²) in [5.74, 6) is 0. The van der Waals surface area contributed by atoms with E-state index in [1.165, 1.54) is 0 Å². The molecule has 0 rings (SSSR count). The minimum absolute atomic E-state index is 0.200. The first-order valence-corrected chi connectivity index (χ1v) is 5.48. The zero-order valence-electron chi connectivity index (χ0n) is 10.7. The van der Waals surface area contributed by atoms with Crippen molar-refractivity contribution in [3.05, 3.63) is 0 Å². The molecular formula is C10H19F3N2O3. The SMILES string of the molecule is CC(C)(C)OC(=O)NCCCNOCC(F)(F)F. The predicted molar refractivity (Wildman–Crippen MR) is 58.9 cm³/mol. The predicted octanol–water partition coefficient (Wildman–Crippen LogP) is 1.98. The summed E-state index contributed by atoms with van der Waals surface area (Å²) in [6.07, 6.45) is -4.47. The third-order valence-electron chi connectivity index (χ3n) is 1.46. The van der Waals surface area contributed by atoms with E-state index < -0.39 is 24.5 Å². The number of ether oxygens (including phenoxy) is 1. The lowest BCUT2D eigenvalue weighted by molar-refractivity contribution is -0.189. The van der Waals surface area contributed by atoms with E-state index in [2.05, 4.69) is 15.6 Å². The van der Waals surface area contributed by atoms with Crippen molar-refractivity contribution in [1.82, 2.24) is 10.8 Å². The van der Waals surface area contributed by atoms with Crippen molar-refractivity contribution in [1.29, 1.82) is 0 Å². The first-order valence-electron chi connectivity index (χ1n) is 5.48. The average molecular weight is 272 g/mol. The Balaban J connectivity index is 3.39. The van der Waals surface area contributed by atoms with E-state index >= 15 is 0 Å². The molecule has 0 aliphatic heterocycles. The summed E-state index contributed by atoms with van der Waals surface area (Å²) in [7, 11) is 0. The second-order valence-corrected chi connectivity index (χ2v) is 4.58. The van der Waals surface area contributed by atoms with Crippen molar-refractivity contribution in [2.24, 2.45) is 0 Å². The first-order chi connectivity index (χ1) is 8.10. The summed E-state index contributed by atoms with van der Waals surface area (Å²) in [6, 6.07) is 0.